The van der Waals surface area contributed by atoms with Crippen LogP contribution >= 0.6 is 15.9 Å². The maximum atomic E-state index is 13.7. The highest BCUT2D eigenvalue weighted by Crippen LogP contribution is 2.25. The van der Waals surface area contributed by atoms with E-state index in [4.69, 9.17) is 10.00 Å². The molecule has 102 valence electrons. The van der Waals surface area contributed by atoms with Gasteiger partial charge in [0, 0.05) is 28.3 Å². The summed E-state index contributed by atoms with van der Waals surface area (Å²) in [6.45, 7) is 0.331. The predicted molar refractivity (Wildman–Crippen MR) is 79.1 cm³/mol. The Hall–Kier alpha value is -2.06. The summed E-state index contributed by atoms with van der Waals surface area (Å²) >= 11 is 3.38. The summed E-state index contributed by atoms with van der Waals surface area (Å²) < 4.78 is 19.8. The van der Waals surface area contributed by atoms with Crippen molar-refractivity contribution in [3.05, 3.63) is 57.8 Å². The minimum atomic E-state index is -0.390. The molecule has 2 rings (SSSR count). The largest absolute Gasteiger partial charge is 0.497 e. The van der Waals surface area contributed by atoms with Gasteiger partial charge in [-0.25, -0.2) is 4.39 Å². The summed E-state index contributed by atoms with van der Waals surface area (Å²) in [6, 6.07) is 11.9. The van der Waals surface area contributed by atoms with E-state index in [-0.39, 0.29) is 0 Å². The Balaban J connectivity index is 2.13. The summed E-state index contributed by atoms with van der Waals surface area (Å²) in [5.74, 6) is 0.320. The Labute approximate surface area is 125 Å². The van der Waals surface area contributed by atoms with Crippen LogP contribution in [0.25, 0.3) is 0 Å². The van der Waals surface area contributed by atoms with Crippen LogP contribution in [0.2, 0.25) is 0 Å². The molecule has 0 aliphatic rings. The molecule has 0 saturated carbocycles. The van der Waals surface area contributed by atoms with Crippen molar-refractivity contribution in [3.63, 3.8) is 0 Å². The molecule has 0 bridgehead atoms. The van der Waals surface area contributed by atoms with Gasteiger partial charge in [-0.2, -0.15) is 5.26 Å². The van der Waals surface area contributed by atoms with Crippen molar-refractivity contribution in [2.75, 3.05) is 12.4 Å². The second-order valence-corrected chi connectivity index (χ2v) is 5.07. The number of nitriles is 1. The maximum Gasteiger partial charge on any atom is 0.129 e. The summed E-state index contributed by atoms with van der Waals surface area (Å²) in [5, 5.41) is 11.8. The van der Waals surface area contributed by atoms with E-state index < -0.39 is 5.82 Å². The second-order valence-electron chi connectivity index (χ2n) is 4.15. The van der Waals surface area contributed by atoms with Crippen molar-refractivity contribution in [3.8, 4) is 11.8 Å². The molecule has 5 heteroatoms. The summed E-state index contributed by atoms with van der Waals surface area (Å²) in [5.41, 5.74) is 1.64. The molecular formula is C15H12BrFN2O. The topological polar surface area (TPSA) is 45.0 Å². The zero-order valence-electron chi connectivity index (χ0n) is 10.8. The molecule has 2 aromatic carbocycles. The Morgan fingerprint density at radius 1 is 1.30 bits per heavy atom. The number of hydrogen-bond acceptors (Lipinski definition) is 3. The molecule has 0 radical (unpaired) electrons. The average molecular weight is 335 g/mol. The lowest BCUT2D eigenvalue weighted by Crippen LogP contribution is -2.02. The van der Waals surface area contributed by atoms with Gasteiger partial charge in [-0.15, -0.1) is 0 Å². The van der Waals surface area contributed by atoms with Gasteiger partial charge < -0.3 is 10.1 Å². The Morgan fingerprint density at radius 3 is 2.75 bits per heavy atom. The molecule has 0 amide bonds. The number of methoxy groups -OCH3 is 1. The van der Waals surface area contributed by atoms with Crippen LogP contribution < -0.4 is 10.1 Å². The highest BCUT2D eigenvalue weighted by atomic mass is 79.9. The molecule has 3 nitrogen and oxygen atoms in total. The fourth-order valence-electron chi connectivity index (χ4n) is 1.74. The van der Waals surface area contributed by atoms with Gasteiger partial charge in [0.15, 0.2) is 0 Å². The number of ether oxygens (including phenoxy) is 1. The standard InChI is InChI=1S/C15H12BrFN2O/c1-20-14-6-12(16)5-13(7-14)19-9-11-3-2-10(8-18)4-15(11)17/h2-7,19H,9H2,1H3. The first kappa shape index (κ1) is 14.4. The molecule has 0 heterocycles. The lowest BCUT2D eigenvalue weighted by molar-refractivity contribution is 0.414. The lowest BCUT2D eigenvalue weighted by Gasteiger charge is -2.10. The van der Waals surface area contributed by atoms with Crippen molar-refractivity contribution in [2.45, 2.75) is 6.54 Å². The Kier molecular flexibility index (Phi) is 4.59. The summed E-state index contributed by atoms with van der Waals surface area (Å²) in [6.07, 6.45) is 0. The van der Waals surface area contributed by atoms with Gasteiger partial charge in [0.2, 0.25) is 0 Å². The molecule has 20 heavy (non-hydrogen) atoms. The van der Waals surface area contributed by atoms with Crippen LogP contribution in [0.15, 0.2) is 40.9 Å². The van der Waals surface area contributed by atoms with E-state index in [1.807, 2.05) is 24.3 Å². The number of rotatable bonds is 4. The number of nitrogens with one attached hydrogen (secondary N) is 1. The number of nitrogens with zero attached hydrogens (tertiary/aromatic N) is 1. The van der Waals surface area contributed by atoms with Gasteiger partial charge in [0.25, 0.3) is 0 Å². The van der Waals surface area contributed by atoms with Crippen LogP contribution in [0.3, 0.4) is 0 Å². The molecule has 0 aliphatic carbocycles. The molecule has 0 fully saturated rings. The number of anilines is 1. The monoisotopic (exact) mass is 334 g/mol. The third kappa shape index (κ3) is 3.49. The summed E-state index contributed by atoms with van der Waals surface area (Å²) in [4.78, 5) is 0. The van der Waals surface area contributed by atoms with Gasteiger partial charge in [-0.05, 0) is 24.3 Å². The number of benzene rings is 2. The molecule has 2 aromatic rings. The number of halogens is 2. The van der Waals surface area contributed by atoms with Crippen LogP contribution in [0.4, 0.5) is 10.1 Å². The average Bonchev–Trinajstić information content (AvgIpc) is 2.45. The molecule has 0 aliphatic heterocycles. The van der Waals surface area contributed by atoms with Crippen LogP contribution in [0.1, 0.15) is 11.1 Å². The van der Waals surface area contributed by atoms with Crippen molar-refractivity contribution >= 4 is 21.6 Å². The van der Waals surface area contributed by atoms with Gasteiger partial charge in [-0.1, -0.05) is 22.0 Å². The smallest absolute Gasteiger partial charge is 0.129 e. The van der Waals surface area contributed by atoms with Gasteiger partial charge in [0.05, 0.1) is 18.7 Å². The maximum absolute atomic E-state index is 13.7. The van der Waals surface area contributed by atoms with Crippen LogP contribution in [0.5, 0.6) is 5.75 Å². The fourth-order valence-corrected chi connectivity index (χ4v) is 2.21. The van der Waals surface area contributed by atoms with E-state index in [9.17, 15) is 4.39 Å². The van der Waals surface area contributed by atoms with Gasteiger partial charge in [0.1, 0.15) is 11.6 Å². The quantitative estimate of drug-likeness (QED) is 0.916. The first-order valence-corrected chi connectivity index (χ1v) is 6.68. The lowest BCUT2D eigenvalue weighted by atomic mass is 10.1. The van der Waals surface area contributed by atoms with Crippen molar-refractivity contribution in [2.24, 2.45) is 0 Å². The highest BCUT2D eigenvalue weighted by molar-refractivity contribution is 9.10. The summed E-state index contributed by atoms with van der Waals surface area (Å²) in [7, 11) is 1.59. The van der Waals surface area contributed by atoms with Crippen LogP contribution in [-0.4, -0.2) is 7.11 Å². The zero-order valence-corrected chi connectivity index (χ0v) is 12.4. The van der Waals surface area contributed by atoms with Gasteiger partial charge in [-0.3, -0.25) is 0 Å². The van der Waals surface area contributed by atoms with E-state index in [2.05, 4.69) is 21.2 Å². The van der Waals surface area contributed by atoms with E-state index in [0.29, 0.717) is 23.4 Å². The third-order valence-corrected chi connectivity index (χ3v) is 3.23. The van der Waals surface area contributed by atoms with Crippen molar-refractivity contribution < 1.29 is 9.13 Å². The first-order valence-electron chi connectivity index (χ1n) is 5.89. The molecule has 0 saturated heterocycles. The molecule has 1 N–H and O–H groups in total. The minimum Gasteiger partial charge on any atom is -0.497 e. The van der Waals surface area contributed by atoms with E-state index in [1.165, 1.54) is 6.07 Å². The molecular weight excluding hydrogens is 323 g/mol. The molecule has 0 unspecified atom stereocenters. The molecule has 0 aromatic heterocycles. The fraction of sp³-hybridized carbons (Fsp3) is 0.133. The first-order chi connectivity index (χ1) is 9.62. The highest BCUT2D eigenvalue weighted by Gasteiger charge is 2.05. The van der Waals surface area contributed by atoms with Crippen molar-refractivity contribution in [1.82, 2.24) is 0 Å². The second kappa shape index (κ2) is 6.40. The zero-order chi connectivity index (χ0) is 14.5. The normalized spacial score (nSPS) is 9.90. The third-order valence-electron chi connectivity index (χ3n) is 2.77. The van der Waals surface area contributed by atoms with E-state index >= 15 is 0 Å². The number of hydrogen-bond donors (Lipinski definition) is 1. The molecule has 0 spiro atoms. The van der Waals surface area contributed by atoms with Crippen LogP contribution in [0, 0.1) is 17.1 Å². The van der Waals surface area contributed by atoms with Gasteiger partial charge >= 0.3 is 0 Å². The van der Waals surface area contributed by atoms with Crippen molar-refractivity contribution in [1.29, 1.82) is 5.26 Å². The Bertz CT molecular complexity index is 667. The minimum absolute atomic E-state index is 0.315. The predicted octanol–water partition coefficient (Wildman–Crippen LogP) is 4.08. The van der Waals surface area contributed by atoms with Crippen LogP contribution in [-0.2, 0) is 6.54 Å². The van der Waals surface area contributed by atoms with E-state index in [1.54, 1.807) is 19.2 Å². The SMILES string of the molecule is COc1cc(Br)cc(NCc2ccc(C#N)cc2F)c1. The van der Waals surface area contributed by atoms with E-state index in [0.717, 1.165) is 10.2 Å². The Morgan fingerprint density at radius 2 is 2.10 bits per heavy atom. The molecule has 0 atom stereocenters.